The second-order valence-corrected chi connectivity index (χ2v) is 7.97. The standard InChI is InChI=1S/C21H36F2O3/c22-21(23)15-13-18(14-16-21)17-19(24)11-9-7-5-3-1-2-4-6-8-10-12-20(25)26/h18H,1-17H2,(H,25,26). The topological polar surface area (TPSA) is 54.4 Å². The number of hydrogen-bond acceptors (Lipinski definition) is 2. The highest BCUT2D eigenvalue weighted by molar-refractivity contribution is 5.78. The zero-order valence-corrected chi connectivity index (χ0v) is 16.1. The predicted molar refractivity (Wildman–Crippen MR) is 99.6 cm³/mol. The first-order valence-electron chi connectivity index (χ1n) is 10.5. The van der Waals surface area contributed by atoms with E-state index in [4.69, 9.17) is 5.11 Å². The first-order chi connectivity index (χ1) is 12.4. The van der Waals surface area contributed by atoms with E-state index >= 15 is 0 Å². The van der Waals surface area contributed by atoms with Gasteiger partial charge in [-0.25, -0.2) is 8.78 Å². The van der Waals surface area contributed by atoms with Crippen molar-refractivity contribution in [2.45, 2.75) is 115 Å². The van der Waals surface area contributed by atoms with E-state index in [9.17, 15) is 18.4 Å². The molecule has 0 aliphatic heterocycles. The predicted octanol–water partition coefficient (Wildman–Crippen LogP) is 6.54. The molecule has 0 aromatic heterocycles. The van der Waals surface area contributed by atoms with Crippen molar-refractivity contribution >= 4 is 11.8 Å². The molecule has 1 aliphatic rings. The summed E-state index contributed by atoms with van der Waals surface area (Å²) in [7, 11) is 0. The molecule has 0 radical (unpaired) electrons. The Bertz CT molecular complexity index is 400. The number of carboxylic acid groups (broad SMARTS) is 1. The number of alkyl halides is 2. The average molecular weight is 375 g/mol. The van der Waals surface area contributed by atoms with Gasteiger partial charge in [-0.1, -0.05) is 51.4 Å². The molecule has 5 heteroatoms. The van der Waals surface area contributed by atoms with Crippen LogP contribution in [-0.4, -0.2) is 22.8 Å². The van der Waals surface area contributed by atoms with E-state index in [1.54, 1.807) is 0 Å². The molecule has 0 saturated heterocycles. The van der Waals surface area contributed by atoms with Crippen LogP contribution in [0.5, 0.6) is 0 Å². The van der Waals surface area contributed by atoms with Gasteiger partial charge in [-0.15, -0.1) is 0 Å². The Balaban J connectivity index is 1.84. The Morgan fingerprint density at radius 2 is 1.19 bits per heavy atom. The fourth-order valence-corrected chi connectivity index (χ4v) is 3.74. The molecule has 1 saturated carbocycles. The highest BCUT2D eigenvalue weighted by atomic mass is 19.3. The maximum absolute atomic E-state index is 13.1. The monoisotopic (exact) mass is 374 g/mol. The molecule has 0 bridgehead atoms. The maximum Gasteiger partial charge on any atom is 0.303 e. The summed E-state index contributed by atoms with van der Waals surface area (Å²) in [4.78, 5) is 22.3. The number of hydrogen-bond donors (Lipinski definition) is 1. The van der Waals surface area contributed by atoms with E-state index in [1.165, 1.54) is 25.7 Å². The van der Waals surface area contributed by atoms with Gasteiger partial charge < -0.3 is 5.11 Å². The highest BCUT2D eigenvalue weighted by Crippen LogP contribution is 2.37. The number of Topliss-reactive ketones (excluding diaryl/α,β-unsaturated/α-hetero) is 1. The van der Waals surface area contributed by atoms with Crippen LogP contribution in [0.3, 0.4) is 0 Å². The first kappa shape index (κ1) is 23.0. The van der Waals surface area contributed by atoms with Crippen molar-refractivity contribution in [3.05, 3.63) is 0 Å². The first-order valence-corrected chi connectivity index (χ1v) is 10.5. The van der Waals surface area contributed by atoms with E-state index in [0.717, 1.165) is 38.5 Å². The third-order valence-corrected chi connectivity index (χ3v) is 5.45. The van der Waals surface area contributed by atoms with Crippen LogP contribution in [0.2, 0.25) is 0 Å². The van der Waals surface area contributed by atoms with Gasteiger partial charge in [0.25, 0.3) is 0 Å². The summed E-state index contributed by atoms with van der Waals surface area (Å²) in [5, 5.41) is 8.54. The summed E-state index contributed by atoms with van der Waals surface area (Å²) < 4.78 is 26.2. The van der Waals surface area contributed by atoms with Crippen LogP contribution in [0.25, 0.3) is 0 Å². The minimum Gasteiger partial charge on any atom is -0.481 e. The van der Waals surface area contributed by atoms with Crippen LogP contribution in [0.1, 0.15) is 109 Å². The summed E-state index contributed by atoms with van der Waals surface area (Å²) >= 11 is 0. The fraction of sp³-hybridized carbons (Fsp3) is 0.905. The maximum atomic E-state index is 13.1. The average Bonchev–Trinajstić information content (AvgIpc) is 2.57. The lowest BCUT2D eigenvalue weighted by molar-refractivity contribution is -0.137. The molecule has 1 N–H and O–H groups in total. The van der Waals surface area contributed by atoms with E-state index in [0.29, 0.717) is 25.7 Å². The lowest BCUT2D eigenvalue weighted by Gasteiger charge is -2.27. The van der Waals surface area contributed by atoms with Crippen molar-refractivity contribution < 1.29 is 23.5 Å². The molecule has 26 heavy (non-hydrogen) atoms. The molecule has 0 atom stereocenters. The Kier molecular flexibility index (Phi) is 11.7. The van der Waals surface area contributed by atoms with Gasteiger partial charge in [0.15, 0.2) is 0 Å². The third-order valence-electron chi connectivity index (χ3n) is 5.45. The molecule has 0 aromatic carbocycles. The van der Waals surface area contributed by atoms with Gasteiger partial charge >= 0.3 is 5.97 Å². The van der Waals surface area contributed by atoms with Crippen LogP contribution in [-0.2, 0) is 9.59 Å². The number of carbonyl (C=O) groups excluding carboxylic acids is 1. The van der Waals surface area contributed by atoms with E-state index < -0.39 is 11.9 Å². The molecule has 3 nitrogen and oxygen atoms in total. The minimum atomic E-state index is -2.50. The molecular formula is C21H36F2O3. The Morgan fingerprint density at radius 3 is 1.65 bits per heavy atom. The number of halogens is 2. The Labute approximate surface area is 156 Å². The number of unbranched alkanes of at least 4 members (excludes halogenated alkanes) is 9. The summed E-state index contributed by atoms with van der Waals surface area (Å²) in [6, 6.07) is 0. The zero-order chi connectivity index (χ0) is 19.3. The number of rotatable bonds is 15. The normalized spacial score (nSPS) is 17.3. The second-order valence-electron chi connectivity index (χ2n) is 7.97. The molecule has 0 aromatic rings. The van der Waals surface area contributed by atoms with Crippen molar-refractivity contribution in [1.82, 2.24) is 0 Å². The van der Waals surface area contributed by atoms with Crippen LogP contribution < -0.4 is 0 Å². The van der Waals surface area contributed by atoms with Gasteiger partial charge in [-0.3, -0.25) is 9.59 Å². The Morgan fingerprint density at radius 1 is 0.769 bits per heavy atom. The molecule has 0 unspecified atom stereocenters. The quantitative estimate of drug-likeness (QED) is 0.331. The van der Waals surface area contributed by atoms with Gasteiger partial charge in [-0.2, -0.15) is 0 Å². The molecule has 1 rings (SSSR count). The lowest BCUT2D eigenvalue weighted by atomic mass is 9.83. The lowest BCUT2D eigenvalue weighted by Crippen LogP contribution is -2.25. The number of aliphatic carboxylic acids is 1. The fourth-order valence-electron chi connectivity index (χ4n) is 3.74. The molecular weight excluding hydrogens is 338 g/mol. The summed E-state index contributed by atoms with van der Waals surface area (Å²) in [5.41, 5.74) is 0. The van der Waals surface area contributed by atoms with Crippen LogP contribution >= 0.6 is 0 Å². The third kappa shape index (κ3) is 12.4. The van der Waals surface area contributed by atoms with Gasteiger partial charge in [-0.05, 0) is 31.6 Å². The number of carboxylic acids is 1. The van der Waals surface area contributed by atoms with Gasteiger partial charge in [0.05, 0.1) is 0 Å². The summed E-state index contributed by atoms with van der Waals surface area (Å²) in [5.74, 6) is -2.78. The van der Waals surface area contributed by atoms with Gasteiger partial charge in [0.1, 0.15) is 5.78 Å². The second kappa shape index (κ2) is 13.2. The van der Waals surface area contributed by atoms with E-state index in [1.807, 2.05) is 0 Å². The molecule has 0 spiro atoms. The molecule has 1 fully saturated rings. The van der Waals surface area contributed by atoms with Crippen LogP contribution in [0.4, 0.5) is 8.78 Å². The highest BCUT2D eigenvalue weighted by Gasteiger charge is 2.35. The van der Waals surface area contributed by atoms with Crippen molar-refractivity contribution in [2.24, 2.45) is 5.92 Å². The summed E-state index contributed by atoms with van der Waals surface area (Å²) in [6.45, 7) is 0. The van der Waals surface area contributed by atoms with Crippen molar-refractivity contribution in [3.63, 3.8) is 0 Å². The van der Waals surface area contributed by atoms with Crippen LogP contribution in [0.15, 0.2) is 0 Å². The Hall–Kier alpha value is -1.00. The molecule has 0 heterocycles. The van der Waals surface area contributed by atoms with Crippen molar-refractivity contribution in [3.8, 4) is 0 Å². The largest absolute Gasteiger partial charge is 0.481 e. The van der Waals surface area contributed by atoms with Crippen molar-refractivity contribution in [2.75, 3.05) is 0 Å². The molecule has 0 amide bonds. The SMILES string of the molecule is O=C(O)CCCCCCCCCCCCC(=O)CC1CCC(F)(F)CC1. The van der Waals surface area contributed by atoms with Gasteiger partial charge in [0.2, 0.25) is 5.92 Å². The number of ketones is 1. The van der Waals surface area contributed by atoms with E-state index in [-0.39, 0.29) is 31.0 Å². The van der Waals surface area contributed by atoms with Crippen molar-refractivity contribution in [1.29, 1.82) is 0 Å². The number of carbonyl (C=O) groups is 2. The van der Waals surface area contributed by atoms with E-state index in [2.05, 4.69) is 0 Å². The zero-order valence-electron chi connectivity index (χ0n) is 16.1. The molecule has 1 aliphatic carbocycles. The minimum absolute atomic E-state index is 0.0511. The summed E-state index contributed by atoms with van der Waals surface area (Å²) in [6.07, 6.45) is 13.1. The smallest absolute Gasteiger partial charge is 0.303 e. The van der Waals surface area contributed by atoms with Gasteiger partial charge in [0, 0.05) is 32.1 Å². The molecule has 152 valence electrons. The van der Waals surface area contributed by atoms with Crippen LogP contribution in [0, 0.1) is 5.92 Å².